The molecule has 1 aromatic heterocycles. The van der Waals surface area contributed by atoms with Crippen LogP contribution >= 0.6 is 0 Å². The minimum absolute atomic E-state index is 0.234. The monoisotopic (exact) mass is 294 g/mol. The third-order valence-corrected chi connectivity index (χ3v) is 3.24. The maximum Gasteiger partial charge on any atom is 0.340 e. The van der Waals surface area contributed by atoms with Gasteiger partial charge >= 0.3 is 5.97 Å². The zero-order chi connectivity index (χ0) is 16.0. The van der Waals surface area contributed by atoms with Crippen molar-refractivity contribution in [3.05, 3.63) is 17.8 Å². The molecule has 1 heterocycles. The fourth-order valence-electron chi connectivity index (χ4n) is 2.38. The molecular formula is C15H26N4O2. The van der Waals surface area contributed by atoms with Gasteiger partial charge in [0.05, 0.1) is 17.9 Å². The van der Waals surface area contributed by atoms with Gasteiger partial charge in [-0.25, -0.2) is 9.78 Å². The smallest absolute Gasteiger partial charge is 0.340 e. The standard InChI is InChI=1S/C15H26N4O2/c1-6-19(11(3)10-18(4)5)14-13(16)12(8-9-17-14)15(20)21-7-2/h8-9,11H,6-7,10,16H2,1-5H3. The van der Waals surface area contributed by atoms with E-state index in [4.69, 9.17) is 10.5 Å². The van der Waals surface area contributed by atoms with E-state index < -0.39 is 5.97 Å². The quantitative estimate of drug-likeness (QED) is 0.770. The van der Waals surface area contributed by atoms with Crippen molar-refractivity contribution in [2.45, 2.75) is 26.8 Å². The van der Waals surface area contributed by atoms with E-state index >= 15 is 0 Å². The second-order valence-corrected chi connectivity index (χ2v) is 5.21. The van der Waals surface area contributed by atoms with Gasteiger partial charge in [0.2, 0.25) is 0 Å². The zero-order valence-electron chi connectivity index (χ0n) is 13.6. The Labute approximate surface area is 126 Å². The molecule has 0 aliphatic rings. The first-order chi connectivity index (χ1) is 9.92. The first kappa shape index (κ1) is 17.2. The van der Waals surface area contributed by atoms with Crippen LogP contribution in [0.4, 0.5) is 11.5 Å². The molecule has 118 valence electrons. The first-order valence-corrected chi connectivity index (χ1v) is 7.25. The highest BCUT2D eigenvalue weighted by Gasteiger charge is 2.21. The van der Waals surface area contributed by atoms with Crippen molar-refractivity contribution in [2.24, 2.45) is 0 Å². The molecule has 1 unspecified atom stereocenters. The second kappa shape index (κ2) is 7.83. The fourth-order valence-corrected chi connectivity index (χ4v) is 2.38. The molecule has 1 rings (SSSR count). The number of esters is 1. The molecule has 0 bridgehead atoms. The fraction of sp³-hybridized carbons (Fsp3) is 0.600. The molecule has 21 heavy (non-hydrogen) atoms. The molecule has 0 aliphatic heterocycles. The number of ether oxygens (including phenoxy) is 1. The number of aromatic nitrogens is 1. The molecule has 0 saturated carbocycles. The van der Waals surface area contributed by atoms with Crippen molar-refractivity contribution in [2.75, 3.05) is 44.4 Å². The molecular weight excluding hydrogens is 268 g/mol. The van der Waals surface area contributed by atoms with Gasteiger partial charge in [-0.1, -0.05) is 0 Å². The Balaban J connectivity index is 3.10. The maximum atomic E-state index is 11.9. The highest BCUT2D eigenvalue weighted by Crippen LogP contribution is 2.26. The Hall–Kier alpha value is -1.82. The van der Waals surface area contributed by atoms with Crippen LogP contribution in [-0.4, -0.2) is 55.7 Å². The summed E-state index contributed by atoms with van der Waals surface area (Å²) in [5, 5.41) is 0. The Morgan fingerprint density at radius 1 is 1.43 bits per heavy atom. The number of carbonyl (C=O) groups excluding carboxylic acids is 1. The van der Waals surface area contributed by atoms with E-state index in [2.05, 4.69) is 21.7 Å². The average molecular weight is 294 g/mol. The lowest BCUT2D eigenvalue weighted by Crippen LogP contribution is -2.41. The van der Waals surface area contributed by atoms with Gasteiger partial charge in [-0.3, -0.25) is 0 Å². The Morgan fingerprint density at radius 2 is 2.10 bits per heavy atom. The summed E-state index contributed by atoms with van der Waals surface area (Å²) in [6, 6.07) is 1.83. The van der Waals surface area contributed by atoms with Crippen LogP contribution in [0.25, 0.3) is 0 Å². The Kier molecular flexibility index (Phi) is 6.42. The molecule has 0 saturated heterocycles. The molecule has 0 spiro atoms. The topological polar surface area (TPSA) is 71.7 Å². The lowest BCUT2D eigenvalue weighted by Gasteiger charge is -2.32. The van der Waals surface area contributed by atoms with E-state index in [1.807, 2.05) is 21.0 Å². The summed E-state index contributed by atoms with van der Waals surface area (Å²) in [7, 11) is 4.05. The summed E-state index contributed by atoms with van der Waals surface area (Å²) in [6.07, 6.45) is 1.60. The van der Waals surface area contributed by atoms with Gasteiger partial charge in [0, 0.05) is 25.3 Å². The number of hydrogen-bond acceptors (Lipinski definition) is 6. The molecule has 0 radical (unpaired) electrons. The van der Waals surface area contributed by atoms with Crippen LogP contribution < -0.4 is 10.6 Å². The van der Waals surface area contributed by atoms with Gasteiger partial charge in [0.15, 0.2) is 5.82 Å². The highest BCUT2D eigenvalue weighted by atomic mass is 16.5. The summed E-state index contributed by atoms with van der Waals surface area (Å²) in [5.74, 6) is 0.229. The summed E-state index contributed by atoms with van der Waals surface area (Å²) in [4.78, 5) is 20.5. The Morgan fingerprint density at radius 3 is 2.62 bits per heavy atom. The normalized spacial score (nSPS) is 12.3. The number of nitrogens with zero attached hydrogens (tertiary/aromatic N) is 3. The van der Waals surface area contributed by atoms with E-state index in [1.54, 1.807) is 19.2 Å². The van der Waals surface area contributed by atoms with Gasteiger partial charge in [-0.05, 0) is 40.9 Å². The summed E-state index contributed by atoms with van der Waals surface area (Å²) in [6.45, 7) is 7.89. The maximum absolute atomic E-state index is 11.9. The van der Waals surface area contributed by atoms with Crippen molar-refractivity contribution >= 4 is 17.5 Å². The van der Waals surface area contributed by atoms with Crippen LogP contribution in [0.2, 0.25) is 0 Å². The number of nitrogens with two attached hydrogens (primary N) is 1. The minimum atomic E-state index is -0.407. The van der Waals surface area contributed by atoms with E-state index in [1.165, 1.54) is 0 Å². The number of nitrogen functional groups attached to an aromatic ring is 1. The van der Waals surface area contributed by atoms with Crippen molar-refractivity contribution in [1.82, 2.24) is 9.88 Å². The number of pyridine rings is 1. The number of rotatable bonds is 7. The van der Waals surface area contributed by atoms with Gasteiger partial charge in [-0.15, -0.1) is 0 Å². The van der Waals surface area contributed by atoms with Crippen molar-refractivity contribution < 1.29 is 9.53 Å². The largest absolute Gasteiger partial charge is 0.462 e. The predicted molar refractivity (Wildman–Crippen MR) is 85.6 cm³/mol. The minimum Gasteiger partial charge on any atom is -0.462 e. The number of anilines is 2. The molecule has 6 heteroatoms. The van der Waals surface area contributed by atoms with Gasteiger partial charge in [0.1, 0.15) is 0 Å². The SMILES string of the molecule is CCOC(=O)c1ccnc(N(CC)C(C)CN(C)C)c1N. The van der Waals surface area contributed by atoms with Gasteiger partial charge in [-0.2, -0.15) is 0 Å². The Bertz CT molecular complexity index is 477. The van der Waals surface area contributed by atoms with Crippen LogP contribution in [0.15, 0.2) is 12.3 Å². The van der Waals surface area contributed by atoms with E-state index in [0.717, 1.165) is 13.1 Å². The van der Waals surface area contributed by atoms with Crippen LogP contribution in [0, 0.1) is 0 Å². The number of carbonyl (C=O) groups is 1. The molecule has 1 aromatic rings. The lowest BCUT2D eigenvalue weighted by atomic mass is 10.2. The lowest BCUT2D eigenvalue weighted by molar-refractivity contribution is 0.0527. The van der Waals surface area contributed by atoms with Gasteiger partial charge < -0.3 is 20.3 Å². The molecule has 0 fully saturated rings. The molecule has 0 aliphatic carbocycles. The van der Waals surface area contributed by atoms with Crippen LogP contribution in [-0.2, 0) is 4.74 Å². The predicted octanol–water partition coefficient (Wildman–Crippen LogP) is 1.62. The third kappa shape index (κ3) is 4.32. The summed E-state index contributed by atoms with van der Waals surface area (Å²) < 4.78 is 5.03. The number of likely N-dealkylation sites (N-methyl/N-ethyl adjacent to an activating group) is 2. The highest BCUT2D eigenvalue weighted by molar-refractivity contribution is 5.97. The van der Waals surface area contributed by atoms with E-state index in [-0.39, 0.29) is 6.04 Å². The van der Waals surface area contributed by atoms with Crippen LogP contribution in [0.3, 0.4) is 0 Å². The van der Waals surface area contributed by atoms with Crippen molar-refractivity contribution in [1.29, 1.82) is 0 Å². The molecule has 0 amide bonds. The summed E-state index contributed by atoms with van der Waals surface area (Å²) >= 11 is 0. The number of hydrogen-bond donors (Lipinski definition) is 1. The summed E-state index contributed by atoms with van der Waals surface area (Å²) in [5.41, 5.74) is 6.89. The van der Waals surface area contributed by atoms with Crippen LogP contribution in [0.1, 0.15) is 31.1 Å². The average Bonchev–Trinajstić information content (AvgIpc) is 2.40. The molecule has 2 N–H and O–H groups in total. The van der Waals surface area contributed by atoms with Crippen molar-refractivity contribution in [3.63, 3.8) is 0 Å². The van der Waals surface area contributed by atoms with Crippen LogP contribution in [0.5, 0.6) is 0 Å². The zero-order valence-corrected chi connectivity index (χ0v) is 13.6. The van der Waals surface area contributed by atoms with E-state index in [9.17, 15) is 4.79 Å². The second-order valence-electron chi connectivity index (χ2n) is 5.21. The molecule has 6 nitrogen and oxygen atoms in total. The molecule has 0 aromatic carbocycles. The van der Waals surface area contributed by atoms with E-state index in [0.29, 0.717) is 23.7 Å². The van der Waals surface area contributed by atoms with Gasteiger partial charge in [0.25, 0.3) is 0 Å². The third-order valence-electron chi connectivity index (χ3n) is 3.24. The first-order valence-electron chi connectivity index (χ1n) is 7.25. The molecule has 1 atom stereocenters. The van der Waals surface area contributed by atoms with Crippen molar-refractivity contribution in [3.8, 4) is 0 Å².